The molecule has 1 aliphatic rings. The van der Waals surface area contributed by atoms with Crippen LogP contribution in [0, 0.1) is 0 Å². The lowest BCUT2D eigenvalue weighted by Crippen LogP contribution is -2.07. The minimum Gasteiger partial charge on any atom is -0.396 e. The van der Waals surface area contributed by atoms with Crippen LogP contribution < -0.4 is 5.32 Å². The first kappa shape index (κ1) is 10.4. The van der Waals surface area contributed by atoms with Gasteiger partial charge in [0.05, 0.1) is 0 Å². The summed E-state index contributed by atoms with van der Waals surface area (Å²) in [7, 11) is 0. The summed E-state index contributed by atoms with van der Waals surface area (Å²) in [4.78, 5) is 8.54. The smallest absolute Gasteiger partial charge is 0.132 e. The third kappa shape index (κ3) is 2.45. The van der Waals surface area contributed by atoms with Gasteiger partial charge >= 0.3 is 0 Å². The first-order valence-corrected chi connectivity index (χ1v) is 5.59. The van der Waals surface area contributed by atoms with Crippen molar-refractivity contribution in [2.45, 2.75) is 32.1 Å². The van der Waals surface area contributed by atoms with Gasteiger partial charge in [0.25, 0.3) is 0 Å². The molecule has 0 amide bonds. The molecule has 0 bridgehead atoms. The SMILES string of the molecule is OCCCCNc1ncnc2c1CCC2. The number of fused-ring (bicyclic) bond motifs is 1. The maximum Gasteiger partial charge on any atom is 0.132 e. The van der Waals surface area contributed by atoms with Crippen LogP contribution in [0.4, 0.5) is 5.82 Å². The van der Waals surface area contributed by atoms with Crippen molar-refractivity contribution >= 4 is 5.82 Å². The van der Waals surface area contributed by atoms with Gasteiger partial charge in [-0.1, -0.05) is 0 Å². The molecule has 0 unspecified atom stereocenters. The van der Waals surface area contributed by atoms with E-state index < -0.39 is 0 Å². The molecule has 0 saturated carbocycles. The van der Waals surface area contributed by atoms with Gasteiger partial charge in [-0.3, -0.25) is 0 Å². The van der Waals surface area contributed by atoms with E-state index in [1.807, 2.05) is 0 Å². The van der Waals surface area contributed by atoms with Gasteiger partial charge in [-0.2, -0.15) is 0 Å². The number of nitrogens with one attached hydrogen (secondary N) is 1. The molecule has 15 heavy (non-hydrogen) atoms. The molecule has 1 aliphatic carbocycles. The second-order valence-corrected chi connectivity index (χ2v) is 3.86. The Morgan fingerprint density at radius 1 is 1.27 bits per heavy atom. The zero-order chi connectivity index (χ0) is 10.5. The largest absolute Gasteiger partial charge is 0.396 e. The van der Waals surface area contributed by atoms with Crippen molar-refractivity contribution < 1.29 is 5.11 Å². The number of unbranched alkanes of at least 4 members (excludes halogenated alkanes) is 1. The highest BCUT2D eigenvalue weighted by atomic mass is 16.2. The minimum absolute atomic E-state index is 0.267. The average Bonchev–Trinajstić information content (AvgIpc) is 2.73. The van der Waals surface area contributed by atoms with Crippen molar-refractivity contribution in [3.63, 3.8) is 0 Å². The monoisotopic (exact) mass is 207 g/mol. The molecular formula is C11H17N3O. The van der Waals surface area contributed by atoms with E-state index in [-0.39, 0.29) is 6.61 Å². The van der Waals surface area contributed by atoms with Crippen LogP contribution in [0.5, 0.6) is 0 Å². The Kier molecular flexibility index (Phi) is 3.50. The number of rotatable bonds is 5. The Morgan fingerprint density at radius 3 is 3.07 bits per heavy atom. The Balaban J connectivity index is 1.94. The molecule has 1 heterocycles. The first-order valence-electron chi connectivity index (χ1n) is 5.59. The number of aryl methyl sites for hydroxylation is 1. The molecule has 1 aromatic heterocycles. The van der Waals surface area contributed by atoms with E-state index in [4.69, 9.17) is 5.11 Å². The Hall–Kier alpha value is -1.16. The zero-order valence-electron chi connectivity index (χ0n) is 8.87. The molecule has 0 atom stereocenters. The summed E-state index contributed by atoms with van der Waals surface area (Å²) in [6, 6.07) is 0. The van der Waals surface area contributed by atoms with E-state index >= 15 is 0 Å². The second kappa shape index (κ2) is 5.07. The molecule has 0 spiro atoms. The Labute approximate surface area is 89.8 Å². The van der Waals surface area contributed by atoms with Gasteiger partial charge in [0.2, 0.25) is 0 Å². The summed E-state index contributed by atoms with van der Waals surface area (Å²) < 4.78 is 0. The Morgan fingerprint density at radius 2 is 2.20 bits per heavy atom. The highest BCUT2D eigenvalue weighted by Crippen LogP contribution is 2.24. The maximum absolute atomic E-state index is 8.66. The molecule has 2 rings (SSSR count). The summed E-state index contributed by atoms with van der Waals surface area (Å²) in [5.41, 5.74) is 2.50. The first-order chi connectivity index (χ1) is 7.42. The van der Waals surface area contributed by atoms with Gasteiger partial charge < -0.3 is 10.4 Å². The Bertz CT molecular complexity index is 328. The fourth-order valence-corrected chi connectivity index (χ4v) is 1.96. The average molecular weight is 207 g/mol. The number of aromatic nitrogens is 2. The molecule has 0 fully saturated rings. The number of anilines is 1. The van der Waals surface area contributed by atoms with Gasteiger partial charge in [0.15, 0.2) is 0 Å². The van der Waals surface area contributed by atoms with E-state index in [0.29, 0.717) is 0 Å². The number of aliphatic hydroxyl groups is 1. The van der Waals surface area contributed by atoms with Crippen molar-refractivity contribution in [1.82, 2.24) is 9.97 Å². The lowest BCUT2D eigenvalue weighted by molar-refractivity contribution is 0.286. The summed E-state index contributed by atoms with van der Waals surface area (Å²) in [5, 5.41) is 12.0. The summed E-state index contributed by atoms with van der Waals surface area (Å²) in [6.07, 6.45) is 6.84. The lowest BCUT2D eigenvalue weighted by Gasteiger charge is -2.08. The zero-order valence-corrected chi connectivity index (χ0v) is 8.87. The van der Waals surface area contributed by atoms with Gasteiger partial charge in [-0.25, -0.2) is 9.97 Å². The number of hydrogen-bond acceptors (Lipinski definition) is 4. The normalized spacial score (nSPS) is 13.9. The molecular weight excluding hydrogens is 190 g/mol. The third-order valence-electron chi connectivity index (χ3n) is 2.75. The topological polar surface area (TPSA) is 58.0 Å². The van der Waals surface area contributed by atoms with Crippen LogP contribution >= 0.6 is 0 Å². The molecule has 2 N–H and O–H groups in total. The third-order valence-corrected chi connectivity index (χ3v) is 2.75. The van der Waals surface area contributed by atoms with Gasteiger partial charge in [-0.05, 0) is 32.1 Å². The van der Waals surface area contributed by atoms with Gasteiger partial charge in [0, 0.05) is 24.4 Å². The van der Waals surface area contributed by atoms with E-state index in [1.54, 1.807) is 6.33 Å². The lowest BCUT2D eigenvalue weighted by atomic mass is 10.2. The molecule has 0 aliphatic heterocycles. The van der Waals surface area contributed by atoms with Crippen LogP contribution in [0.25, 0.3) is 0 Å². The van der Waals surface area contributed by atoms with Crippen LogP contribution in [0.1, 0.15) is 30.5 Å². The molecule has 4 heteroatoms. The quantitative estimate of drug-likeness (QED) is 0.711. The summed E-state index contributed by atoms with van der Waals surface area (Å²) in [5.74, 6) is 0.996. The fraction of sp³-hybridized carbons (Fsp3) is 0.636. The van der Waals surface area contributed by atoms with E-state index in [2.05, 4.69) is 15.3 Å². The highest BCUT2D eigenvalue weighted by molar-refractivity contribution is 5.47. The maximum atomic E-state index is 8.66. The molecule has 4 nitrogen and oxygen atoms in total. The number of aliphatic hydroxyl groups excluding tert-OH is 1. The predicted molar refractivity (Wildman–Crippen MR) is 58.9 cm³/mol. The second-order valence-electron chi connectivity index (χ2n) is 3.86. The van der Waals surface area contributed by atoms with Crippen molar-refractivity contribution in [2.24, 2.45) is 0 Å². The summed E-state index contributed by atoms with van der Waals surface area (Å²) in [6.45, 7) is 1.15. The molecule has 82 valence electrons. The van der Waals surface area contributed by atoms with Gasteiger partial charge in [-0.15, -0.1) is 0 Å². The summed E-state index contributed by atoms with van der Waals surface area (Å²) >= 11 is 0. The molecule has 0 saturated heterocycles. The number of nitrogens with zero attached hydrogens (tertiary/aromatic N) is 2. The van der Waals surface area contributed by atoms with E-state index in [0.717, 1.165) is 38.0 Å². The fourth-order valence-electron chi connectivity index (χ4n) is 1.96. The predicted octanol–water partition coefficient (Wildman–Crippen LogP) is 1.15. The van der Waals surface area contributed by atoms with Crippen molar-refractivity contribution in [2.75, 3.05) is 18.5 Å². The molecule has 1 aromatic rings. The van der Waals surface area contributed by atoms with Crippen LogP contribution in [0.15, 0.2) is 6.33 Å². The minimum atomic E-state index is 0.267. The van der Waals surface area contributed by atoms with E-state index in [1.165, 1.54) is 17.7 Å². The van der Waals surface area contributed by atoms with Crippen LogP contribution in [-0.4, -0.2) is 28.2 Å². The van der Waals surface area contributed by atoms with Crippen molar-refractivity contribution in [3.05, 3.63) is 17.6 Å². The van der Waals surface area contributed by atoms with Crippen molar-refractivity contribution in [3.8, 4) is 0 Å². The van der Waals surface area contributed by atoms with Gasteiger partial charge in [0.1, 0.15) is 12.1 Å². The van der Waals surface area contributed by atoms with Crippen LogP contribution in [-0.2, 0) is 12.8 Å². The van der Waals surface area contributed by atoms with Crippen molar-refractivity contribution in [1.29, 1.82) is 0 Å². The van der Waals surface area contributed by atoms with Crippen LogP contribution in [0.3, 0.4) is 0 Å². The van der Waals surface area contributed by atoms with E-state index in [9.17, 15) is 0 Å². The standard InChI is InChI=1S/C11H17N3O/c15-7-2-1-6-12-11-9-4-3-5-10(9)13-8-14-11/h8,15H,1-7H2,(H,12,13,14). The van der Waals surface area contributed by atoms with Crippen LogP contribution in [0.2, 0.25) is 0 Å². The molecule has 0 aromatic carbocycles. The molecule has 0 radical (unpaired) electrons. The number of hydrogen-bond donors (Lipinski definition) is 2. The highest BCUT2D eigenvalue weighted by Gasteiger charge is 2.16.